The first-order valence-electron chi connectivity index (χ1n) is 10.1. The molecule has 0 aliphatic heterocycles. The van der Waals surface area contributed by atoms with Gasteiger partial charge in [0.2, 0.25) is 0 Å². The summed E-state index contributed by atoms with van der Waals surface area (Å²) in [4.78, 5) is 0. The fraction of sp³-hybridized carbons (Fsp3) is 0.652. The second kappa shape index (κ2) is 11.5. The minimum absolute atomic E-state index is 0.764. The zero-order valence-corrected chi connectivity index (χ0v) is 15.8. The summed E-state index contributed by atoms with van der Waals surface area (Å²) in [5, 5.41) is 0. The highest BCUT2D eigenvalue weighted by Crippen LogP contribution is 2.37. The quantitative estimate of drug-likeness (QED) is 0.331. The Kier molecular flexibility index (Phi) is 9.20. The van der Waals surface area contributed by atoms with Crippen molar-refractivity contribution in [1.29, 1.82) is 0 Å². The molecular formula is C23H36O. The van der Waals surface area contributed by atoms with Gasteiger partial charge in [0.15, 0.2) is 0 Å². The molecule has 0 heterocycles. The van der Waals surface area contributed by atoms with Crippen molar-refractivity contribution in [3.05, 3.63) is 47.5 Å². The fourth-order valence-electron chi connectivity index (χ4n) is 3.72. The minimum atomic E-state index is 0.764. The lowest BCUT2D eigenvalue weighted by molar-refractivity contribution is 0.117. The lowest BCUT2D eigenvalue weighted by Gasteiger charge is -2.28. The molecule has 24 heavy (non-hydrogen) atoms. The molecule has 0 unspecified atom stereocenters. The molecule has 1 aliphatic rings. The molecule has 0 bridgehead atoms. The van der Waals surface area contributed by atoms with Crippen LogP contribution in [0.25, 0.3) is 0 Å². The van der Waals surface area contributed by atoms with E-state index in [1.807, 2.05) is 0 Å². The number of hydrogen-bond acceptors (Lipinski definition) is 1. The van der Waals surface area contributed by atoms with E-state index >= 15 is 0 Å². The van der Waals surface area contributed by atoms with Gasteiger partial charge in [-0.05, 0) is 67.9 Å². The number of ether oxygens (including phenoxy) is 1. The minimum Gasteiger partial charge on any atom is -0.377 e. The standard InChI is InChI=1S/C23H36O/c1-3-5-7-9-20-10-14-22(15-11-20)23-16-12-21(13-17-23)19-24-18-8-6-4-2/h5,7,12-13,16-17,20,22H,3-4,6,8-11,14-15,18-19H2,1-2H3. The van der Waals surface area contributed by atoms with Gasteiger partial charge in [0, 0.05) is 6.61 Å². The average molecular weight is 329 g/mol. The predicted octanol–water partition coefficient (Wildman–Crippen LogP) is 7.02. The normalized spacial score (nSPS) is 21.4. The molecule has 1 fully saturated rings. The van der Waals surface area contributed by atoms with Gasteiger partial charge in [-0.3, -0.25) is 0 Å². The van der Waals surface area contributed by atoms with Crippen molar-refractivity contribution in [3.8, 4) is 0 Å². The van der Waals surface area contributed by atoms with Crippen molar-refractivity contribution in [3.63, 3.8) is 0 Å². The van der Waals surface area contributed by atoms with Gasteiger partial charge in [-0.25, -0.2) is 0 Å². The molecule has 0 N–H and O–H groups in total. The molecule has 0 atom stereocenters. The maximum absolute atomic E-state index is 5.76. The topological polar surface area (TPSA) is 9.23 Å². The molecule has 0 radical (unpaired) electrons. The molecule has 1 saturated carbocycles. The summed E-state index contributed by atoms with van der Waals surface area (Å²) in [5.74, 6) is 1.69. The van der Waals surface area contributed by atoms with E-state index in [2.05, 4.69) is 50.3 Å². The van der Waals surface area contributed by atoms with E-state index in [-0.39, 0.29) is 0 Å². The average Bonchev–Trinajstić information content (AvgIpc) is 2.63. The molecule has 0 spiro atoms. The Labute approximate surface area is 149 Å². The highest BCUT2D eigenvalue weighted by molar-refractivity contribution is 5.25. The first-order valence-corrected chi connectivity index (χ1v) is 10.1. The Morgan fingerprint density at radius 2 is 1.71 bits per heavy atom. The molecule has 134 valence electrons. The van der Waals surface area contributed by atoms with Crippen LogP contribution in [0.3, 0.4) is 0 Å². The van der Waals surface area contributed by atoms with E-state index in [1.54, 1.807) is 0 Å². The van der Waals surface area contributed by atoms with E-state index in [1.165, 1.54) is 68.9 Å². The second-order valence-corrected chi connectivity index (χ2v) is 7.33. The van der Waals surface area contributed by atoms with Gasteiger partial charge < -0.3 is 4.74 Å². The first kappa shape index (κ1) is 19.2. The Hall–Kier alpha value is -1.08. The molecular weight excluding hydrogens is 292 g/mol. The van der Waals surface area contributed by atoms with Crippen LogP contribution in [0.1, 0.15) is 88.7 Å². The van der Waals surface area contributed by atoms with Gasteiger partial charge in [0.1, 0.15) is 0 Å². The van der Waals surface area contributed by atoms with Crippen LogP contribution >= 0.6 is 0 Å². The third-order valence-corrected chi connectivity index (χ3v) is 5.33. The van der Waals surface area contributed by atoms with E-state index in [0.29, 0.717) is 0 Å². The molecule has 1 aromatic rings. The monoisotopic (exact) mass is 328 g/mol. The van der Waals surface area contributed by atoms with Crippen molar-refractivity contribution in [2.45, 2.75) is 84.2 Å². The van der Waals surface area contributed by atoms with Gasteiger partial charge >= 0.3 is 0 Å². The SMILES string of the molecule is CCC=CCC1CCC(c2ccc(COCCCCC)cc2)CC1. The van der Waals surface area contributed by atoms with Crippen LogP contribution in [0.2, 0.25) is 0 Å². The van der Waals surface area contributed by atoms with Crippen LogP contribution in [0.4, 0.5) is 0 Å². The predicted molar refractivity (Wildman–Crippen MR) is 104 cm³/mol. The Morgan fingerprint density at radius 1 is 0.958 bits per heavy atom. The van der Waals surface area contributed by atoms with Gasteiger partial charge in [-0.2, -0.15) is 0 Å². The summed E-state index contributed by atoms with van der Waals surface area (Å²) in [6.07, 6.45) is 16.4. The van der Waals surface area contributed by atoms with E-state index in [9.17, 15) is 0 Å². The van der Waals surface area contributed by atoms with Crippen molar-refractivity contribution in [2.75, 3.05) is 6.61 Å². The zero-order valence-electron chi connectivity index (χ0n) is 15.8. The molecule has 0 aromatic heterocycles. The highest BCUT2D eigenvalue weighted by Gasteiger charge is 2.21. The van der Waals surface area contributed by atoms with Gasteiger partial charge in [0.05, 0.1) is 6.61 Å². The Bertz CT molecular complexity index is 451. The van der Waals surface area contributed by atoms with Crippen molar-refractivity contribution < 1.29 is 4.74 Å². The van der Waals surface area contributed by atoms with Crippen LogP contribution in [-0.2, 0) is 11.3 Å². The van der Waals surface area contributed by atoms with Crippen LogP contribution in [0, 0.1) is 5.92 Å². The smallest absolute Gasteiger partial charge is 0.0716 e. The summed E-state index contributed by atoms with van der Waals surface area (Å²) in [5.41, 5.74) is 2.85. The van der Waals surface area contributed by atoms with Crippen LogP contribution in [0.5, 0.6) is 0 Å². The van der Waals surface area contributed by atoms with Crippen molar-refractivity contribution in [1.82, 2.24) is 0 Å². The summed E-state index contributed by atoms with van der Waals surface area (Å²) in [6.45, 7) is 6.11. The third kappa shape index (κ3) is 6.81. The maximum atomic E-state index is 5.76. The van der Waals surface area contributed by atoms with Crippen LogP contribution < -0.4 is 0 Å². The zero-order chi connectivity index (χ0) is 17.0. The maximum Gasteiger partial charge on any atom is 0.0716 e. The number of benzene rings is 1. The lowest BCUT2D eigenvalue weighted by Crippen LogP contribution is -2.12. The molecule has 1 heteroatoms. The van der Waals surface area contributed by atoms with Crippen LogP contribution in [0.15, 0.2) is 36.4 Å². The molecule has 1 aromatic carbocycles. The largest absolute Gasteiger partial charge is 0.377 e. The summed E-state index contributed by atoms with van der Waals surface area (Å²) >= 11 is 0. The molecule has 0 saturated heterocycles. The summed E-state index contributed by atoms with van der Waals surface area (Å²) in [6, 6.07) is 9.22. The third-order valence-electron chi connectivity index (χ3n) is 5.33. The number of allylic oxidation sites excluding steroid dienone is 2. The Balaban J connectivity index is 1.71. The molecule has 1 aliphatic carbocycles. The van der Waals surface area contributed by atoms with E-state index < -0.39 is 0 Å². The second-order valence-electron chi connectivity index (χ2n) is 7.33. The van der Waals surface area contributed by atoms with Gasteiger partial charge in [-0.1, -0.05) is 63.1 Å². The van der Waals surface area contributed by atoms with Gasteiger partial charge in [0.25, 0.3) is 0 Å². The molecule has 1 nitrogen and oxygen atoms in total. The molecule has 2 rings (SSSR count). The lowest BCUT2D eigenvalue weighted by atomic mass is 9.77. The first-order chi connectivity index (χ1) is 11.8. The summed E-state index contributed by atoms with van der Waals surface area (Å²) in [7, 11) is 0. The number of hydrogen-bond donors (Lipinski definition) is 0. The van der Waals surface area contributed by atoms with Crippen molar-refractivity contribution in [2.24, 2.45) is 5.92 Å². The fourth-order valence-corrected chi connectivity index (χ4v) is 3.72. The number of rotatable bonds is 10. The van der Waals surface area contributed by atoms with Gasteiger partial charge in [-0.15, -0.1) is 0 Å². The summed E-state index contributed by atoms with van der Waals surface area (Å²) < 4.78 is 5.76. The van der Waals surface area contributed by atoms with Crippen molar-refractivity contribution >= 4 is 0 Å². The van der Waals surface area contributed by atoms with Crippen LogP contribution in [-0.4, -0.2) is 6.61 Å². The van der Waals surface area contributed by atoms with E-state index in [4.69, 9.17) is 4.74 Å². The number of unbranched alkanes of at least 4 members (excludes halogenated alkanes) is 2. The van der Waals surface area contributed by atoms with E-state index in [0.717, 1.165) is 25.0 Å². The Morgan fingerprint density at radius 3 is 2.38 bits per heavy atom. The highest BCUT2D eigenvalue weighted by atomic mass is 16.5. The molecule has 0 amide bonds.